The SMILES string of the molecule is CCCCCCCCCCCCCCC(=O)O.[Ca]. The largest absolute Gasteiger partial charge is 0.481 e. The fourth-order valence-corrected chi connectivity index (χ4v) is 2.12. The van der Waals surface area contributed by atoms with Crippen molar-refractivity contribution in [1.29, 1.82) is 0 Å². The van der Waals surface area contributed by atoms with Gasteiger partial charge < -0.3 is 5.11 Å². The average molecular weight is 282 g/mol. The molecule has 0 atom stereocenters. The normalized spacial score (nSPS) is 10.1. The summed E-state index contributed by atoms with van der Waals surface area (Å²) in [7, 11) is 0. The van der Waals surface area contributed by atoms with E-state index in [-0.39, 0.29) is 37.7 Å². The molecule has 0 bridgehead atoms. The van der Waals surface area contributed by atoms with Crippen molar-refractivity contribution < 1.29 is 9.90 Å². The van der Waals surface area contributed by atoms with Crippen molar-refractivity contribution in [2.75, 3.05) is 0 Å². The molecule has 0 heterocycles. The molecule has 0 aliphatic rings. The predicted molar refractivity (Wildman–Crippen MR) is 79.1 cm³/mol. The van der Waals surface area contributed by atoms with E-state index >= 15 is 0 Å². The first kappa shape index (κ1) is 21.0. The number of rotatable bonds is 13. The molecule has 0 aromatic rings. The fourth-order valence-electron chi connectivity index (χ4n) is 2.12. The number of unbranched alkanes of at least 4 members (excludes halogenated alkanes) is 11. The Labute approximate surface area is 143 Å². The molecule has 0 rings (SSSR count). The number of hydrogen-bond acceptors (Lipinski definition) is 1. The second-order valence-electron chi connectivity index (χ2n) is 5.03. The Bertz CT molecular complexity index is 172. The van der Waals surface area contributed by atoms with Gasteiger partial charge in [0.1, 0.15) is 0 Å². The maximum absolute atomic E-state index is 10.3. The number of aliphatic carboxylic acids is 1. The summed E-state index contributed by atoms with van der Waals surface area (Å²) in [4.78, 5) is 10.3. The molecule has 2 radical (unpaired) electrons. The van der Waals surface area contributed by atoms with Gasteiger partial charge in [-0.15, -0.1) is 0 Å². The summed E-state index contributed by atoms with van der Waals surface area (Å²) in [5.41, 5.74) is 0. The van der Waals surface area contributed by atoms with Gasteiger partial charge in [0.05, 0.1) is 0 Å². The third-order valence-electron chi connectivity index (χ3n) is 3.24. The van der Waals surface area contributed by atoms with Crippen molar-refractivity contribution in [3.63, 3.8) is 0 Å². The van der Waals surface area contributed by atoms with Crippen molar-refractivity contribution in [1.82, 2.24) is 0 Å². The van der Waals surface area contributed by atoms with Crippen LogP contribution in [0.3, 0.4) is 0 Å². The van der Waals surface area contributed by atoms with E-state index in [1.54, 1.807) is 0 Å². The van der Waals surface area contributed by atoms with Crippen molar-refractivity contribution >= 4 is 43.7 Å². The van der Waals surface area contributed by atoms with Gasteiger partial charge in [-0.05, 0) is 6.42 Å². The topological polar surface area (TPSA) is 37.3 Å². The van der Waals surface area contributed by atoms with E-state index in [9.17, 15) is 4.79 Å². The van der Waals surface area contributed by atoms with Crippen LogP contribution in [0.5, 0.6) is 0 Å². The van der Waals surface area contributed by atoms with Crippen LogP contribution in [0.2, 0.25) is 0 Å². The van der Waals surface area contributed by atoms with E-state index in [2.05, 4.69) is 6.92 Å². The zero-order chi connectivity index (χ0) is 12.8. The number of carboxylic acid groups (broad SMARTS) is 1. The zero-order valence-corrected chi connectivity index (χ0v) is 14.5. The van der Waals surface area contributed by atoms with E-state index < -0.39 is 5.97 Å². The second kappa shape index (κ2) is 17.7. The summed E-state index contributed by atoms with van der Waals surface area (Å²) in [6.45, 7) is 2.25. The summed E-state index contributed by atoms with van der Waals surface area (Å²) < 4.78 is 0. The third kappa shape index (κ3) is 19.1. The van der Waals surface area contributed by atoms with Gasteiger partial charge in [-0.1, -0.05) is 77.6 Å². The van der Waals surface area contributed by atoms with E-state index in [4.69, 9.17) is 5.11 Å². The summed E-state index contributed by atoms with van der Waals surface area (Å²) in [5, 5.41) is 8.47. The molecule has 0 fully saturated rings. The van der Waals surface area contributed by atoms with Crippen LogP contribution >= 0.6 is 0 Å². The first-order chi connectivity index (χ1) is 8.27. The molecular weight excluding hydrogens is 252 g/mol. The van der Waals surface area contributed by atoms with E-state index in [0.717, 1.165) is 12.8 Å². The van der Waals surface area contributed by atoms with Gasteiger partial charge >= 0.3 is 5.97 Å². The average Bonchev–Trinajstić information content (AvgIpc) is 2.30. The maximum Gasteiger partial charge on any atom is 0.303 e. The smallest absolute Gasteiger partial charge is 0.303 e. The Kier molecular flexibility index (Phi) is 20.7. The minimum atomic E-state index is -0.655. The van der Waals surface area contributed by atoms with Crippen molar-refractivity contribution in [3.05, 3.63) is 0 Å². The van der Waals surface area contributed by atoms with Gasteiger partial charge in [0.2, 0.25) is 0 Å². The molecule has 0 spiro atoms. The van der Waals surface area contributed by atoms with E-state index in [1.165, 1.54) is 64.2 Å². The van der Waals surface area contributed by atoms with Crippen molar-refractivity contribution in [3.8, 4) is 0 Å². The van der Waals surface area contributed by atoms with Gasteiger partial charge in [0, 0.05) is 44.2 Å². The van der Waals surface area contributed by atoms with Crippen LogP contribution in [0.4, 0.5) is 0 Å². The van der Waals surface area contributed by atoms with Crippen LogP contribution in [-0.4, -0.2) is 48.8 Å². The second-order valence-corrected chi connectivity index (χ2v) is 5.03. The molecule has 0 saturated heterocycles. The molecule has 0 aromatic carbocycles. The van der Waals surface area contributed by atoms with Crippen LogP contribution in [0.1, 0.15) is 90.4 Å². The van der Waals surface area contributed by atoms with Gasteiger partial charge in [-0.3, -0.25) is 4.79 Å². The molecular formula is C15H30CaO2. The molecule has 0 amide bonds. The molecule has 18 heavy (non-hydrogen) atoms. The third-order valence-corrected chi connectivity index (χ3v) is 3.24. The Hall–Kier alpha value is 0.730. The van der Waals surface area contributed by atoms with Gasteiger partial charge in [-0.25, -0.2) is 0 Å². The van der Waals surface area contributed by atoms with Crippen LogP contribution in [-0.2, 0) is 4.79 Å². The molecule has 1 N–H and O–H groups in total. The summed E-state index contributed by atoms with van der Waals surface area (Å²) in [6, 6.07) is 0. The maximum atomic E-state index is 10.3. The molecule has 0 saturated carbocycles. The summed E-state index contributed by atoms with van der Waals surface area (Å²) >= 11 is 0. The Morgan fingerprint density at radius 2 is 1.06 bits per heavy atom. The van der Waals surface area contributed by atoms with Crippen LogP contribution in [0.15, 0.2) is 0 Å². The standard InChI is InChI=1S/C15H30O2.Ca/c1-2-3-4-5-6-7-8-9-10-11-12-13-14-15(16)17;/h2-14H2,1H3,(H,16,17);. The zero-order valence-electron chi connectivity index (χ0n) is 12.3. The number of hydrogen-bond donors (Lipinski definition) is 1. The van der Waals surface area contributed by atoms with Crippen molar-refractivity contribution in [2.45, 2.75) is 90.4 Å². The number of carbonyl (C=O) groups is 1. The fraction of sp³-hybridized carbons (Fsp3) is 0.933. The van der Waals surface area contributed by atoms with Gasteiger partial charge in [0.25, 0.3) is 0 Å². The van der Waals surface area contributed by atoms with Gasteiger partial charge in [0.15, 0.2) is 0 Å². The first-order valence-electron chi connectivity index (χ1n) is 7.49. The van der Waals surface area contributed by atoms with Gasteiger partial charge in [-0.2, -0.15) is 0 Å². The predicted octanol–water partition coefficient (Wildman–Crippen LogP) is 4.78. The van der Waals surface area contributed by atoms with Crippen molar-refractivity contribution in [2.24, 2.45) is 0 Å². The Morgan fingerprint density at radius 3 is 1.39 bits per heavy atom. The molecule has 2 nitrogen and oxygen atoms in total. The molecule has 104 valence electrons. The van der Waals surface area contributed by atoms with E-state index in [0.29, 0.717) is 6.42 Å². The molecule has 0 unspecified atom stereocenters. The van der Waals surface area contributed by atoms with Crippen LogP contribution < -0.4 is 0 Å². The van der Waals surface area contributed by atoms with Crippen LogP contribution in [0, 0.1) is 0 Å². The Balaban J connectivity index is 0. The van der Waals surface area contributed by atoms with Crippen LogP contribution in [0.25, 0.3) is 0 Å². The van der Waals surface area contributed by atoms with E-state index in [1.807, 2.05) is 0 Å². The minimum absolute atomic E-state index is 0. The molecule has 0 aliphatic heterocycles. The minimum Gasteiger partial charge on any atom is -0.481 e. The molecule has 3 heteroatoms. The quantitative estimate of drug-likeness (QED) is 0.390. The number of carboxylic acids is 1. The summed E-state index contributed by atoms with van der Waals surface area (Å²) in [5.74, 6) is -0.655. The first-order valence-corrected chi connectivity index (χ1v) is 7.49. The molecule has 0 aromatic heterocycles. The summed E-state index contributed by atoms with van der Waals surface area (Å²) in [6.07, 6.45) is 15.8. The Morgan fingerprint density at radius 1 is 0.722 bits per heavy atom. The molecule has 0 aliphatic carbocycles. The monoisotopic (exact) mass is 282 g/mol.